The zero-order chi connectivity index (χ0) is 14.8. The molecule has 0 saturated heterocycles. The largest absolute Gasteiger partial charge is 0.609 e. The van der Waals surface area contributed by atoms with Crippen LogP contribution in [0.25, 0.3) is 0 Å². The highest BCUT2D eigenvalue weighted by molar-refractivity contribution is 7.90. The van der Waals surface area contributed by atoms with Crippen LogP contribution in [0.3, 0.4) is 0 Å². The zero-order valence-corrected chi connectivity index (χ0v) is 12.6. The molecule has 0 aliphatic heterocycles. The van der Waals surface area contributed by atoms with Crippen molar-refractivity contribution in [2.24, 2.45) is 0 Å². The minimum Gasteiger partial charge on any atom is -0.609 e. The Bertz CT molecular complexity index is 714. The van der Waals surface area contributed by atoms with E-state index in [1.54, 1.807) is 18.5 Å². The fourth-order valence-electron chi connectivity index (χ4n) is 2.66. The van der Waals surface area contributed by atoms with E-state index in [1.807, 2.05) is 0 Å². The SMILES string of the molecule is C[S+]([O-])c1nccc(Cc2n[nH]c(=O)c3c2CCCC3)n1. The predicted octanol–water partition coefficient (Wildman–Crippen LogP) is 0.767. The van der Waals surface area contributed by atoms with E-state index in [0.29, 0.717) is 11.6 Å². The highest BCUT2D eigenvalue weighted by Crippen LogP contribution is 2.21. The highest BCUT2D eigenvalue weighted by atomic mass is 32.2. The van der Waals surface area contributed by atoms with Crippen LogP contribution in [0.5, 0.6) is 0 Å². The Labute approximate surface area is 125 Å². The first-order valence-electron chi connectivity index (χ1n) is 6.90. The number of fused-ring (bicyclic) bond motifs is 1. The molecule has 3 rings (SSSR count). The van der Waals surface area contributed by atoms with E-state index in [4.69, 9.17) is 0 Å². The van der Waals surface area contributed by atoms with E-state index < -0.39 is 11.2 Å². The van der Waals surface area contributed by atoms with E-state index in [-0.39, 0.29) is 5.56 Å². The molecular formula is C14H16N4O2S. The summed E-state index contributed by atoms with van der Waals surface area (Å²) in [7, 11) is 0. The van der Waals surface area contributed by atoms with Crippen molar-refractivity contribution in [2.45, 2.75) is 37.3 Å². The predicted molar refractivity (Wildman–Crippen MR) is 78.7 cm³/mol. The standard InChI is InChI=1S/C14H16N4O2S/c1-21(20)14-15-7-6-9(16-14)8-12-10-4-2-3-5-11(10)13(19)18-17-12/h6-7H,2-5,8H2,1H3,(H,18,19). The van der Waals surface area contributed by atoms with Gasteiger partial charge in [-0.15, -0.1) is 0 Å². The van der Waals surface area contributed by atoms with Gasteiger partial charge in [0.25, 0.3) is 5.56 Å². The van der Waals surface area contributed by atoms with Crippen LogP contribution in [0.4, 0.5) is 0 Å². The van der Waals surface area contributed by atoms with Gasteiger partial charge in [0, 0.05) is 29.4 Å². The van der Waals surface area contributed by atoms with E-state index in [9.17, 15) is 9.35 Å². The minimum atomic E-state index is -1.20. The van der Waals surface area contributed by atoms with E-state index in [2.05, 4.69) is 20.2 Å². The fourth-order valence-corrected chi connectivity index (χ4v) is 3.11. The highest BCUT2D eigenvalue weighted by Gasteiger charge is 2.19. The topological polar surface area (TPSA) is 94.6 Å². The molecule has 110 valence electrons. The number of nitrogens with zero attached hydrogens (tertiary/aromatic N) is 3. The van der Waals surface area contributed by atoms with Crippen molar-refractivity contribution in [1.29, 1.82) is 0 Å². The Kier molecular flexibility index (Phi) is 4.03. The van der Waals surface area contributed by atoms with E-state index in [0.717, 1.165) is 48.2 Å². The van der Waals surface area contributed by atoms with Crippen LogP contribution in [0.15, 0.2) is 22.2 Å². The summed E-state index contributed by atoms with van der Waals surface area (Å²) in [4.78, 5) is 20.1. The fraction of sp³-hybridized carbons (Fsp3) is 0.429. The number of nitrogens with one attached hydrogen (secondary N) is 1. The summed E-state index contributed by atoms with van der Waals surface area (Å²) in [6, 6.07) is 1.79. The first-order chi connectivity index (χ1) is 10.1. The third kappa shape index (κ3) is 2.98. The van der Waals surface area contributed by atoms with Gasteiger partial charge in [0.15, 0.2) is 0 Å². The Morgan fingerprint density at radius 3 is 2.86 bits per heavy atom. The number of H-pyrrole nitrogens is 1. The van der Waals surface area contributed by atoms with Gasteiger partial charge in [0.2, 0.25) is 0 Å². The molecule has 0 spiro atoms. The van der Waals surface area contributed by atoms with Gasteiger partial charge in [0.1, 0.15) is 6.26 Å². The summed E-state index contributed by atoms with van der Waals surface area (Å²) in [6.45, 7) is 0. The quantitative estimate of drug-likeness (QED) is 0.667. The molecule has 1 atom stereocenters. The normalized spacial score (nSPS) is 15.5. The molecule has 0 fully saturated rings. The third-order valence-electron chi connectivity index (χ3n) is 3.68. The average Bonchev–Trinajstić information content (AvgIpc) is 2.51. The molecule has 1 unspecified atom stereocenters. The molecule has 1 N–H and O–H groups in total. The molecule has 0 radical (unpaired) electrons. The van der Waals surface area contributed by atoms with Gasteiger partial charge in [-0.05, 0) is 37.3 Å². The van der Waals surface area contributed by atoms with Crippen molar-refractivity contribution in [2.75, 3.05) is 6.26 Å². The molecule has 0 aromatic carbocycles. The molecule has 21 heavy (non-hydrogen) atoms. The summed E-state index contributed by atoms with van der Waals surface area (Å²) in [5.41, 5.74) is 3.47. The number of aromatic nitrogens is 4. The van der Waals surface area contributed by atoms with Crippen molar-refractivity contribution in [3.8, 4) is 0 Å². The lowest BCUT2D eigenvalue weighted by Gasteiger charge is -2.17. The van der Waals surface area contributed by atoms with Gasteiger partial charge in [0.05, 0.1) is 11.4 Å². The molecule has 7 heteroatoms. The Morgan fingerprint density at radius 1 is 1.33 bits per heavy atom. The molecule has 1 aliphatic rings. The number of hydrogen-bond acceptors (Lipinski definition) is 5. The maximum atomic E-state index is 11.8. The third-order valence-corrected chi connectivity index (χ3v) is 4.39. The molecule has 6 nitrogen and oxygen atoms in total. The molecule has 0 bridgehead atoms. The van der Waals surface area contributed by atoms with Gasteiger partial charge < -0.3 is 4.55 Å². The second kappa shape index (κ2) is 5.95. The van der Waals surface area contributed by atoms with Crippen molar-refractivity contribution in [3.63, 3.8) is 0 Å². The first-order valence-corrected chi connectivity index (χ1v) is 8.45. The molecule has 2 heterocycles. The maximum absolute atomic E-state index is 11.8. The Morgan fingerprint density at radius 2 is 2.10 bits per heavy atom. The second-order valence-corrected chi connectivity index (χ2v) is 6.40. The molecule has 2 aromatic rings. The Balaban J connectivity index is 1.95. The van der Waals surface area contributed by atoms with Crippen LogP contribution >= 0.6 is 0 Å². The zero-order valence-electron chi connectivity index (χ0n) is 11.8. The van der Waals surface area contributed by atoms with Crippen molar-refractivity contribution in [1.82, 2.24) is 20.2 Å². The van der Waals surface area contributed by atoms with Crippen LogP contribution < -0.4 is 5.56 Å². The second-order valence-electron chi connectivity index (χ2n) is 5.13. The average molecular weight is 304 g/mol. The summed E-state index contributed by atoms with van der Waals surface area (Å²) in [6.07, 6.45) is 7.51. The molecule has 2 aromatic heterocycles. The first kappa shape index (κ1) is 14.2. The summed E-state index contributed by atoms with van der Waals surface area (Å²) >= 11 is -1.20. The summed E-state index contributed by atoms with van der Waals surface area (Å²) < 4.78 is 11.5. The van der Waals surface area contributed by atoms with Gasteiger partial charge >= 0.3 is 5.16 Å². The minimum absolute atomic E-state index is 0.0773. The Hall–Kier alpha value is -1.73. The van der Waals surface area contributed by atoms with Gasteiger partial charge in [-0.25, -0.2) is 5.10 Å². The summed E-state index contributed by atoms with van der Waals surface area (Å²) in [5.74, 6) is 0. The van der Waals surface area contributed by atoms with Crippen LogP contribution in [0, 0.1) is 0 Å². The maximum Gasteiger partial charge on any atom is 0.342 e. The molecular weight excluding hydrogens is 288 g/mol. The number of hydrogen-bond donors (Lipinski definition) is 1. The van der Waals surface area contributed by atoms with Crippen molar-refractivity contribution < 1.29 is 4.55 Å². The van der Waals surface area contributed by atoms with Gasteiger partial charge in [-0.3, -0.25) is 4.79 Å². The smallest absolute Gasteiger partial charge is 0.342 e. The van der Waals surface area contributed by atoms with E-state index >= 15 is 0 Å². The molecule has 0 amide bonds. The van der Waals surface area contributed by atoms with Crippen molar-refractivity contribution in [3.05, 3.63) is 45.1 Å². The number of aromatic amines is 1. The molecule has 0 saturated carbocycles. The van der Waals surface area contributed by atoms with Crippen LogP contribution in [0.1, 0.15) is 35.4 Å². The lowest BCUT2D eigenvalue weighted by molar-refractivity contribution is 0.590. The van der Waals surface area contributed by atoms with Gasteiger partial charge in [-0.2, -0.15) is 15.1 Å². The van der Waals surface area contributed by atoms with Crippen LogP contribution in [-0.2, 0) is 30.4 Å². The van der Waals surface area contributed by atoms with Crippen molar-refractivity contribution >= 4 is 11.2 Å². The van der Waals surface area contributed by atoms with Crippen LogP contribution in [0.2, 0.25) is 0 Å². The lowest BCUT2D eigenvalue weighted by Crippen LogP contribution is -2.23. The lowest BCUT2D eigenvalue weighted by atomic mass is 9.91. The summed E-state index contributed by atoms with van der Waals surface area (Å²) in [5, 5.41) is 7.09. The molecule has 1 aliphatic carbocycles. The monoisotopic (exact) mass is 304 g/mol. The number of rotatable bonds is 3. The van der Waals surface area contributed by atoms with E-state index in [1.165, 1.54) is 0 Å². The van der Waals surface area contributed by atoms with Gasteiger partial charge in [-0.1, -0.05) is 0 Å². The van der Waals surface area contributed by atoms with Crippen LogP contribution in [-0.4, -0.2) is 31.0 Å².